The van der Waals surface area contributed by atoms with Crippen molar-refractivity contribution in [1.29, 1.82) is 0 Å². The molecule has 12 heteroatoms. The van der Waals surface area contributed by atoms with Gasteiger partial charge in [0.05, 0.1) is 39.9 Å². The summed E-state index contributed by atoms with van der Waals surface area (Å²) < 4.78 is 24.7. The zero-order valence-corrected chi connectivity index (χ0v) is 35.8. The summed E-state index contributed by atoms with van der Waals surface area (Å²) in [7, 11) is 6.45. The van der Waals surface area contributed by atoms with E-state index in [9.17, 15) is 19.8 Å². The van der Waals surface area contributed by atoms with Gasteiger partial charge in [0.15, 0.2) is 28.7 Å². The number of carboxylic acid groups (broad SMARTS) is 2. The van der Waals surface area contributed by atoms with Crippen molar-refractivity contribution in [3.63, 3.8) is 0 Å². The summed E-state index contributed by atoms with van der Waals surface area (Å²) in [5.74, 6) is 0.587. The molecule has 0 fully saturated rings. The largest absolute Gasteiger partial charge is 1.00 e. The Hall–Kier alpha value is -3.70. The van der Waals surface area contributed by atoms with Crippen LogP contribution in [0.1, 0.15) is 83.8 Å². The molecular formula is C42H51ClN2NaO8+. The third kappa shape index (κ3) is 8.57. The Morgan fingerprint density at radius 3 is 2.07 bits per heavy atom. The molecule has 2 aromatic rings. The molecule has 0 spiro atoms. The number of methoxy groups -OCH3 is 4. The molecule has 1 N–H and O–H groups in total. The third-order valence-corrected chi connectivity index (χ3v) is 11.2. The molecule has 3 aliphatic rings. The Balaban J connectivity index is 0.00000650. The van der Waals surface area contributed by atoms with Crippen LogP contribution in [0.5, 0.6) is 23.0 Å². The number of benzene rings is 2. The van der Waals surface area contributed by atoms with Crippen molar-refractivity contribution in [3.05, 3.63) is 81.6 Å². The first-order valence-corrected chi connectivity index (χ1v) is 18.4. The number of carbonyl (C=O) groups excluding carboxylic acids is 1. The Morgan fingerprint density at radius 1 is 0.852 bits per heavy atom. The van der Waals surface area contributed by atoms with Crippen molar-refractivity contribution in [2.45, 2.75) is 83.5 Å². The van der Waals surface area contributed by atoms with E-state index >= 15 is 0 Å². The van der Waals surface area contributed by atoms with E-state index in [0.29, 0.717) is 54.0 Å². The van der Waals surface area contributed by atoms with Crippen LogP contribution in [0, 0.1) is 0 Å². The van der Waals surface area contributed by atoms with Gasteiger partial charge >= 0.3 is 35.5 Å². The van der Waals surface area contributed by atoms with E-state index in [0.717, 1.165) is 64.3 Å². The number of nitrogens with zero attached hydrogens (tertiary/aromatic N) is 2. The monoisotopic (exact) mass is 769 g/mol. The van der Waals surface area contributed by atoms with Crippen LogP contribution in [0.15, 0.2) is 70.4 Å². The van der Waals surface area contributed by atoms with Crippen molar-refractivity contribution in [1.82, 2.24) is 0 Å². The van der Waals surface area contributed by atoms with Crippen LogP contribution in [0.25, 0.3) is 0 Å². The van der Waals surface area contributed by atoms with Crippen LogP contribution >= 0.6 is 11.6 Å². The summed E-state index contributed by atoms with van der Waals surface area (Å²) in [4.78, 5) is 25.0. The minimum Gasteiger partial charge on any atom is -0.550 e. The number of carbonyl (C=O) groups is 2. The Morgan fingerprint density at radius 2 is 1.46 bits per heavy atom. The standard InChI is InChI=1S/C42H51ClN2O8.Na/c1-41(2)28-22-32(50-5)34(52-7)24-30(28)44(20-10-14-38(46)47)36(41)18-16-26-12-9-13-27(40(26)43)17-19-37-42(3,4)29-23-33(51-6)35(53-8)25-31(29)45(37)21-11-15-39(48)49;/h16-19,22-25H,9-15,20-21H2,1-8H3,(H-,46,47,48,49);/q;+1. The predicted molar refractivity (Wildman–Crippen MR) is 205 cm³/mol. The molecular weight excluding hydrogens is 719 g/mol. The van der Waals surface area contributed by atoms with Gasteiger partial charge in [-0.05, 0) is 80.9 Å². The summed E-state index contributed by atoms with van der Waals surface area (Å²) in [6.45, 7) is 9.64. The SMILES string of the molecule is COc1cc2c(cc1OC)C(C)(C)/C(=C/C=C1\CCCC(/C=C/C3=[N+](CCCC(=O)[O-])c4cc(OC)c(OC)cc4C3(C)C)=C1Cl)N2CCCC(=O)O.[Na+]. The molecule has 0 bridgehead atoms. The molecule has 54 heavy (non-hydrogen) atoms. The molecule has 0 atom stereocenters. The van der Waals surface area contributed by atoms with E-state index < -0.39 is 22.8 Å². The van der Waals surface area contributed by atoms with Crippen LogP contribution in [-0.4, -0.2) is 68.9 Å². The number of aliphatic carboxylic acids is 2. The summed E-state index contributed by atoms with van der Waals surface area (Å²) in [6, 6.07) is 7.94. The van der Waals surface area contributed by atoms with E-state index in [1.54, 1.807) is 28.4 Å². The van der Waals surface area contributed by atoms with Crippen molar-refractivity contribution in [2.24, 2.45) is 0 Å². The van der Waals surface area contributed by atoms with Gasteiger partial charge in [-0.25, -0.2) is 0 Å². The first-order valence-electron chi connectivity index (χ1n) is 18.0. The van der Waals surface area contributed by atoms with Gasteiger partial charge in [0.2, 0.25) is 5.69 Å². The first-order chi connectivity index (χ1) is 25.2. The van der Waals surface area contributed by atoms with Crippen molar-refractivity contribution < 1.29 is 72.9 Å². The number of ether oxygens (including phenoxy) is 4. The molecule has 2 aliphatic heterocycles. The van der Waals surface area contributed by atoms with E-state index in [1.165, 1.54) is 0 Å². The van der Waals surface area contributed by atoms with Gasteiger partial charge in [-0.3, -0.25) is 4.79 Å². The number of hydrogen-bond donors (Lipinski definition) is 1. The minimum absolute atomic E-state index is 0. The van der Waals surface area contributed by atoms with E-state index in [2.05, 4.69) is 61.5 Å². The number of rotatable bonds is 15. The van der Waals surface area contributed by atoms with Gasteiger partial charge in [-0.2, -0.15) is 4.58 Å². The fraction of sp³-hybridized carbons (Fsp3) is 0.452. The van der Waals surface area contributed by atoms with Crippen molar-refractivity contribution in [3.8, 4) is 23.0 Å². The zero-order valence-electron chi connectivity index (χ0n) is 33.1. The smallest absolute Gasteiger partial charge is 0.550 e. The second-order valence-corrected chi connectivity index (χ2v) is 15.0. The number of fused-ring (bicyclic) bond motifs is 2. The fourth-order valence-corrected chi connectivity index (χ4v) is 8.12. The first kappa shape index (κ1) is 43.0. The molecule has 2 heterocycles. The molecule has 0 saturated carbocycles. The van der Waals surface area contributed by atoms with Gasteiger partial charge < -0.3 is 38.9 Å². The molecule has 10 nitrogen and oxygen atoms in total. The molecule has 0 radical (unpaired) electrons. The number of halogens is 1. The van der Waals surface area contributed by atoms with Gasteiger partial charge in [0, 0.05) is 64.9 Å². The minimum atomic E-state index is -1.07. The van der Waals surface area contributed by atoms with Crippen molar-refractivity contribution in [2.75, 3.05) is 46.4 Å². The topological polar surface area (TPSA) is 121 Å². The average molecular weight is 770 g/mol. The molecule has 0 aromatic heterocycles. The Bertz CT molecular complexity index is 1940. The van der Waals surface area contributed by atoms with Crippen molar-refractivity contribution >= 4 is 40.6 Å². The maximum absolute atomic E-state index is 11.4. The number of carboxylic acids is 2. The maximum atomic E-state index is 11.4. The molecule has 0 amide bonds. The molecule has 0 saturated heterocycles. The van der Waals surface area contributed by atoms with Crippen LogP contribution in [-0.2, 0) is 20.4 Å². The van der Waals surface area contributed by atoms with Gasteiger partial charge in [0.1, 0.15) is 6.54 Å². The maximum Gasteiger partial charge on any atom is 1.00 e. The number of anilines is 1. The molecule has 284 valence electrons. The fourth-order valence-electron chi connectivity index (χ4n) is 7.81. The normalized spacial score (nSPS) is 18.6. The van der Waals surface area contributed by atoms with Crippen LogP contribution in [0.4, 0.5) is 11.4 Å². The molecule has 5 rings (SSSR count). The van der Waals surface area contributed by atoms with Crippen LogP contribution in [0.3, 0.4) is 0 Å². The predicted octanol–water partition coefficient (Wildman–Crippen LogP) is 4.34. The van der Waals surface area contributed by atoms with E-state index in [4.69, 9.17) is 30.5 Å². The summed E-state index contributed by atoms with van der Waals surface area (Å²) in [6.07, 6.45) is 11.9. The summed E-state index contributed by atoms with van der Waals surface area (Å²) in [5.41, 5.74) is 7.31. The summed E-state index contributed by atoms with van der Waals surface area (Å²) in [5, 5.41) is 21.4. The van der Waals surface area contributed by atoms with E-state index in [1.807, 2.05) is 24.3 Å². The zero-order chi connectivity index (χ0) is 38.7. The second-order valence-electron chi connectivity index (χ2n) is 14.6. The van der Waals surface area contributed by atoms with Gasteiger partial charge in [-0.1, -0.05) is 37.6 Å². The number of allylic oxidation sites excluding steroid dienone is 8. The van der Waals surface area contributed by atoms with Gasteiger partial charge in [-0.15, -0.1) is 0 Å². The quantitative estimate of drug-likeness (QED) is 0.209. The third-order valence-electron chi connectivity index (χ3n) is 10.7. The molecule has 0 unspecified atom stereocenters. The summed E-state index contributed by atoms with van der Waals surface area (Å²) >= 11 is 7.20. The number of hydrogen-bond acceptors (Lipinski definition) is 8. The van der Waals surface area contributed by atoms with E-state index in [-0.39, 0.29) is 42.4 Å². The Labute approximate surface area is 346 Å². The molecule has 2 aromatic carbocycles. The van der Waals surface area contributed by atoms with Crippen LogP contribution < -0.4 is 58.5 Å². The van der Waals surface area contributed by atoms with Gasteiger partial charge in [0.25, 0.3) is 0 Å². The average Bonchev–Trinajstić information content (AvgIpc) is 3.45. The molecule has 1 aliphatic carbocycles. The Kier molecular flexibility index (Phi) is 14.2. The second kappa shape index (κ2) is 17.8. The van der Waals surface area contributed by atoms with Crippen LogP contribution in [0.2, 0.25) is 0 Å².